The van der Waals surface area contributed by atoms with Crippen LogP contribution >= 0.6 is 0 Å². The van der Waals surface area contributed by atoms with E-state index in [0.29, 0.717) is 24.3 Å². The van der Waals surface area contributed by atoms with Gasteiger partial charge >= 0.3 is 6.18 Å². The van der Waals surface area contributed by atoms with Crippen LogP contribution in [0.25, 0.3) is 11.1 Å². The molecule has 4 heteroatoms. The van der Waals surface area contributed by atoms with Crippen LogP contribution in [-0.2, 0) is 6.18 Å². The number of anilines is 1. The monoisotopic (exact) mass is 305 g/mol. The third-order valence-corrected chi connectivity index (χ3v) is 4.11. The summed E-state index contributed by atoms with van der Waals surface area (Å²) in [6.07, 6.45) is -1.33. The lowest BCUT2D eigenvalue weighted by Gasteiger charge is -2.31. The van der Waals surface area contributed by atoms with Crippen LogP contribution in [0.5, 0.6) is 0 Å². The van der Waals surface area contributed by atoms with Crippen molar-refractivity contribution in [3.63, 3.8) is 0 Å². The summed E-state index contributed by atoms with van der Waals surface area (Å²) in [5.74, 6) is 0. The zero-order chi connectivity index (χ0) is 15.6. The molecule has 0 spiro atoms. The lowest BCUT2D eigenvalue weighted by molar-refractivity contribution is -0.137. The van der Waals surface area contributed by atoms with E-state index in [1.54, 1.807) is 12.1 Å². The third kappa shape index (κ3) is 3.11. The molecule has 2 aromatic rings. The number of piperidine rings is 1. The van der Waals surface area contributed by atoms with Gasteiger partial charge in [0, 0.05) is 18.8 Å². The average molecular weight is 305 g/mol. The highest BCUT2D eigenvalue weighted by molar-refractivity contribution is 5.69. The van der Waals surface area contributed by atoms with Crippen molar-refractivity contribution in [1.82, 2.24) is 0 Å². The summed E-state index contributed by atoms with van der Waals surface area (Å²) in [4.78, 5) is 1.86. The van der Waals surface area contributed by atoms with Crippen molar-refractivity contribution in [1.29, 1.82) is 0 Å². The molecule has 1 nitrogen and oxygen atoms in total. The minimum Gasteiger partial charge on any atom is -0.371 e. The Kier molecular flexibility index (Phi) is 4.10. The lowest BCUT2D eigenvalue weighted by Crippen LogP contribution is -2.31. The smallest absolute Gasteiger partial charge is 0.371 e. The Bertz CT molecular complexity index is 629. The van der Waals surface area contributed by atoms with E-state index in [9.17, 15) is 13.2 Å². The summed E-state index contributed by atoms with van der Waals surface area (Å²) in [6.45, 7) is 1.40. The van der Waals surface area contributed by atoms with Gasteiger partial charge in [0.05, 0.1) is 5.56 Å². The molecule has 2 aromatic carbocycles. The number of hydrogen-bond acceptors (Lipinski definition) is 1. The zero-order valence-electron chi connectivity index (χ0n) is 12.2. The van der Waals surface area contributed by atoms with Gasteiger partial charge in [0.25, 0.3) is 0 Å². The molecule has 1 fully saturated rings. The van der Waals surface area contributed by atoms with Crippen LogP contribution < -0.4 is 4.90 Å². The molecule has 116 valence electrons. The molecule has 0 N–H and O–H groups in total. The second kappa shape index (κ2) is 6.03. The maximum Gasteiger partial charge on any atom is 0.418 e. The molecule has 1 aliphatic rings. The van der Waals surface area contributed by atoms with Gasteiger partial charge in [0.15, 0.2) is 0 Å². The van der Waals surface area contributed by atoms with E-state index in [1.165, 1.54) is 6.07 Å². The van der Waals surface area contributed by atoms with Gasteiger partial charge in [-0.05, 0) is 42.5 Å². The average Bonchev–Trinajstić information content (AvgIpc) is 2.55. The Balaban J connectivity index is 2.04. The van der Waals surface area contributed by atoms with Crippen molar-refractivity contribution < 1.29 is 13.2 Å². The van der Waals surface area contributed by atoms with E-state index in [4.69, 9.17) is 0 Å². The number of rotatable bonds is 2. The fraction of sp³-hybridized carbons (Fsp3) is 0.333. The number of nitrogens with zero attached hydrogens (tertiary/aromatic N) is 1. The molecule has 0 amide bonds. The summed E-state index contributed by atoms with van der Waals surface area (Å²) in [7, 11) is 0. The maximum absolute atomic E-state index is 13.5. The van der Waals surface area contributed by atoms with Crippen molar-refractivity contribution in [3.8, 4) is 11.1 Å². The number of benzene rings is 2. The van der Waals surface area contributed by atoms with Crippen LogP contribution in [0.4, 0.5) is 18.9 Å². The Hall–Kier alpha value is -1.97. The van der Waals surface area contributed by atoms with Gasteiger partial charge < -0.3 is 4.90 Å². The molecule has 0 atom stereocenters. The van der Waals surface area contributed by atoms with Crippen LogP contribution in [0.2, 0.25) is 0 Å². The molecule has 0 aromatic heterocycles. The van der Waals surface area contributed by atoms with Gasteiger partial charge in [-0.1, -0.05) is 36.4 Å². The Labute approximate surface area is 128 Å². The first-order valence-corrected chi connectivity index (χ1v) is 7.57. The Morgan fingerprint density at radius 3 is 2.09 bits per heavy atom. The van der Waals surface area contributed by atoms with Crippen LogP contribution in [0.1, 0.15) is 24.8 Å². The second-order valence-corrected chi connectivity index (χ2v) is 5.64. The number of alkyl halides is 3. The number of hydrogen-bond donors (Lipinski definition) is 0. The zero-order valence-corrected chi connectivity index (χ0v) is 12.2. The van der Waals surface area contributed by atoms with Crippen molar-refractivity contribution in [2.75, 3.05) is 18.0 Å². The summed E-state index contributed by atoms with van der Waals surface area (Å²) >= 11 is 0. The topological polar surface area (TPSA) is 3.24 Å². The standard InChI is InChI=1S/C18H18F3N/c19-18(20,21)16-13-15(14-7-3-1-4-8-14)9-10-17(16)22-11-5-2-6-12-22/h1,3-4,7-10,13H,2,5-6,11-12H2. The van der Waals surface area contributed by atoms with Gasteiger partial charge in [-0.3, -0.25) is 0 Å². The first-order chi connectivity index (χ1) is 10.6. The quantitative estimate of drug-likeness (QED) is 0.721. The molecule has 0 radical (unpaired) electrons. The fourth-order valence-corrected chi connectivity index (χ4v) is 2.98. The van der Waals surface area contributed by atoms with E-state index in [0.717, 1.165) is 24.8 Å². The largest absolute Gasteiger partial charge is 0.418 e. The SMILES string of the molecule is FC(F)(F)c1cc(-c2ccccc2)ccc1N1CCCCC1. The highest BCUT2D eigenvalue weighted by atomic mass is 19.4. The normalized spacial score (nSPS) is 15.9. The summed E-state index contributed by atoms with van der Waals surface area (Å²) in [6, 6.07) is 13.9. The molecule has 1 heterocycles. The molecule has 0 aliphatic carbocycles. The summed E-state index contributed by atoms with van der Waals surface area (Å²) in [5, 5.41) is 0. The highest BCUT2D eigenvalue weighted by Crippen LogP contribution is 2.39. The molecule has 3 rings (SSSR count). The van der Waals surface area contributed by atoms with Crippen LogP contribution in [-0.4, -0.2) is 13.1 Å². The highest BCUT2D eigenvalue weighted by Gasteiger charge is 2.35. The van der Waals surface area contributed by atoms with E-state index < -0.39 is 11.7 Å². The van der Waals surface area contributed by atoms with Crippen LogP contribution in [0.3, 0.4) is 0 Å². The second-order valence-electron chi connectivity index (χ2n) is 5.64. The fourth-order valence-electron chi connectivity index (χ4n) is 2.98. The van der Waals surface area contributed by atoms with Crippen LogP contribution in [0, 0.1) is 0 Å². The van der Waals surface area contributed by atoms with Crippen molar-refractivity contribution in [2.24, 2.45) is 0 Å². The first-order valence-electron chi connectivity index (χ1n) is 7.57. The van der Waals surface area contributed by atoms with E-state index in [1.807, 2.05) is 35.2 Å². The van der Waals surface area contributed by atoms with Gasteiger partial charge in [0.1, 0.15) is 0 Å². The van der Waals surface area contributed by atoms with Crippen molar-refractivity contribution >= 4 is 5.69 Å². The van der Waals surface area contributed by atoms with Gasteiger partial charge in [-0.25, -0.2) is 0 Å². The van der Waals surface area contributed by atoms with Crippen molar-refractivity contribution in [2.45, 2.75) is 25.4 Å². The van der Waals surface area contributed by atoms with Gasteiger partial charge in [-0.2, -0.15) is 13.2 Å². The number of halogens is 3. The summed E-state index contributed by atoms with van der Waals surface area (Å²) < 4.78 is 40.4. The molecule has 1 aliphatic heterocycles. The molecule has 0 saturated carbocycles. The third-order valence-electron chi connectivity index (χ3n) is 4.11. The van der Waals surface area contributed by atoms with Gasteiger partial charge in [0.2, 0.25) is 0 Å². The minimum absolute atomic E-state index is 0.312. The summed E-state index contributed by atoms with van der Waals surface area (Å²) in [5.41, 5.74) is 1.19. The maximum atomic E-state index is 13.5. The molecule has 0 unspecified atom stereocenters. The Morgan fingerprint density at radius 2 is 1.45 bits per heavy atom. The van der Waals surface area contributed by atoms with E-state index in [-0.39, 0.29) is 0 Å². The predicted molar refractivity (Wildman–Crippen MR) is 82.9 cm³/mol. The minimum atomic E-state index is -4.34. The Morgan fingerprint density at radius 1 is 0.773 bits per heavy atom. The molecule has 22 heavy (non-hydrogen) atoms. The molecule has 0 bridgehead atoms. The predicted octanol–water partition coefficient (Wildman–Crippen LogP) is 5.36. The lowest BCUT2D eigenvalue weighted by atomic mass is 10.00. The van der Waals surface area contributed by atoms with Gasteiger partial charge in [-0.15, -0.1) is 0 Å². The molecular formula is C18H18F3N. The van der Waals surface area contributed by atoms with E-state index >= 15 is 0 Å². The van der Waals surface area contributed by atoms with Crippen LogP contribution in [0.15, 0.2) is 48.5 Å². The van der Waals surface area contributed by atoms with Crippen molar-refractivity contribution in [3.05, 3.63) is 54.1 Å². The van der Waals surface area contributed by atoms with E-state index in [2.05, 4.69) is 0 Å². The molecular weight excluding hydrogens is 287 g/mol. The molecule has 1 saturated heterocycles. The first kappa shape index (κ1) is 14.9.